The molecular weight excluding hydrogens is 638 g/mol. The fraction of sp³-hybridized carbons (Fsp3) is 0.775. The molecular formula is C40H67NO9. The second-order valence-electron chi connectivity index (χ2n) is 14.2. The van der Waals surface area contributed by atoms with Gasteiger partial charge in [-0.1, -0.05) is 58.9 Å². The Hall–Kier alpha value is -2.53. The maximum atomic E-state index is 13.3. The highest BCUT2D eigenvalue weighted by Gasteiger charge is 2.32. The monoisotopic (exact) mass is 705 g/mol. The van der Waals surface area contributed by atoms with Gasteiger partial charge in [-0.2, -0.15) is 0 Å². The van der Waals surface area contributed by atoms with Crippen LogP contribution in [0, 0.1) is 11.8 Å². The van der Waals surface area contributed by atoms with Crippen molar-refractivity contribution in [1.82, 2.24) is 0 Å². The smallest absolute Gasteiger partial charge is 0.404 e. The molecule has 2 bridgehead atoms. The molecule has 0 spiro atoms. The van der Waals surface area contributed by atoms with Gasteiger partial charge in [0.05, 0.1) is 36.9 Å². The molecule has 3 N–H and O–H groups in total. The Bertz CT molecular complexity index is 1130. The molecule has 1 amide bonds. The first-order valence-electron chi connectivity index (χ1n) is 19.2. The van der Waals surface area contributed by atoms with Crippen LogP contribution >= 0.6 is 0 Å². The Morgan fingerprint density at radius 1 is 1.06 bits per heavy atom. The molecule has 3 aliphatic rings. The zero-order valence-corrected chi connectivity index (χ0v) is 32.1. The first kappa shape index (κ1) is 43.6. The number of hydrogen-bond donors (Lipinski definition) is 2. The maximum Gasteiger partial charge on any atom is 0.404 e. The normalized spacial score (nSPS) is 32.9. The molecule has 10 heteroatoms. The summed E-state index contributed by atoms with van der Waals surface area (Å²) in [5.74, 6) is -0.256. The molecule has 0 aromatic rings. The summed E-state index contributed by atoms with van der Waals surface area (Å²) in [5.41, 5.74) is 7.55. The lowest BCUT2D eigenvalue weighted by Crippen LogP contribution is -2.40. The minimum Gasteiger partial charge on any atom is -0.462 e. The van der Waals surface area contributed by atoms with E-state index in [0.717, 1.165) is 43.3 Å². The highest BCUT2D eigenvalue weighted by atomic mass is 16.7. The van der Waals surface area contributed by atoms with Crippen LogP contribution in [0.2, 0.25) is 0 Å². The summed E-state index contributed by atoms with van der Waals surface area (Å²) in [4.78, 5) is 36.6. The lowest BCUT2D eigenvalue weighted by molar-refractivity contribution is -0.222. The van der Waals surface area contributed by atoms with Crippen LogP contribution in [0.1, 0.15) is 139 Å². The number of cyclic esters (lactones) is 1. The van der Waals surface area contributed by atoms with E-state index in [1.54, 1.807) is 6.92 Å². The van der Waals surface area contributed by atoms with Crippen molar-refractivity contribution < 1.29 is 43.2 Å². The Morgan fingerprint density at radius 3 is 2.48 bits per heavy atom. The van der Waals surface area contributed by atoms with Crippen molar-refractivity contribution in [2.45, 2.75) is 188 Å². The number of primary amides is 1. The number of hydrogen-bond acceptors (Lipinski definition) is 9. The number of aliphatic hydroxyl groups excluding tert-OH is 1. The number of amides is 1. The van der Waals surface area contributed by atoms with E-state index in [4.69, 9.17) is 29.4 Å². The third kappa shape index (κ3) is 15.8. The van der Waals surface area contributed by atoms with E-state index in [0.29, 0.717) is 38.5 Å². The molecule has 0 aromatic carbocycles. The summed E-state index contributed by atoms with van der Waals surface area (Å²) in [7, 11) is 0. The van der Waals surface area contributed by atoms with Crippen molar-refractivity contribution in [3.05, 3.63) is 35.5 Å². The van der Waals surface area contributed by atoms with Crippen LogP contribution in [0.3, 0.4) is 0 Å². The molecule has 10 atom stereocenters. The van der Waals surface area contributed by atoms with Crippen molar-refractivity contribution in [3.8, 4) is 0 Å². The van der Waals surface area contributed by atoms with Gasteiger partial charge in [0.1, 0.15) is 18.0 Å². The second-order valence-corrected chi connectivity index (χ2v) is 14.2. The van der Waals surface area contributed by atoms with E-state index in [1.807, 2.05) is 27.7 Å². The van der Waals surface area contributed by atoms with Crippen LogP contribution in [0.25, 0.3) is 0 Å². The molecule has 3 heterocycles. The van der Waals surface area contributed by atoms with Gasteiger partial charge in [-0.15, -0.1) is 0 Å². The lowest BCUT2D eigenvalue weighted by Gasteiger charge is -2.34. The molecule has 3 rings (SSSR count). The van der Waals surface area contributed by atoms with Crippen LogP contribution in [-0.2, 0) is 33.3 Å². The van der Waals surface area contributed by atoms with Gasteiger partial charge in [-0.25, -0.2) is 4.79 Å². The third-order valence-electron chi connectivity index (χ3n) is 9.91. The number of nitrogens with two attached hydrogens (primary N) is 1. The number of fused-ring (bicyclic) bond motifs is 2. The molecule has 1 fully saturated rings. The largest absolute Gasteiger partial charge is 0.462 e. The van der Waals surface area contributed by atoms with Gasteiger partial charge in [0, 0.05) is 25.7 Å². The number of ether oxygens (including phenoxy) is 5. The van der Waals surface area contributed by atoms with E-state index in [9.17, 15) is 19.5 Å². The average Bonchev–Trinajstić information content (AvgIpc) is 3.06. The van der Waals surface area contributed by atoms with Crippen molar-refractivity contribution in [2.24, 2.45) is 17.6 Å². The molecule has 0 aromatic heterocycles. The zero-order valence-electron chi connectivity index (χ0n) is 32.1. The van der Waals surface area contributed by atoms with Crippen LogP contribution in [0.5, 0.6) is 0 Å². The van der Waals surface area contributed by atoms with Crippen molar-refractivity contribution in [3.63, 3.8) is 0 Å². The SMILES string of the molecule is CC.CCC(=O)CC(O)[C@H](C)CCC1OC(=O)CC2CC=C(C)C(O2)/C(C)=C/CCCC(OC2CC(OC(N)=O)C[C@@H](C)O2)/C=C/CC[C@H]1C. The number of carbonyl (C=O) groups is 3. The van der Waals surface area contributed by atoms with E-state index in [-0.39, 0.29) is 73.1 Å². The number of aliphatic hydroxyl groups is 1. The molecule has 1 saturated heterocycles. The van der Waals surface area contributed by atoms with Crippen molar-refractivity contribution in [1.29, 1.82) is 0 Å². The van der Waals surface area contributed by atoms with Crippen LogP contribution in [0.15, 0.2) is 35.5 Å². The number of esters is 1. The summed E-state index contributed by atoms with van der Waals surface area (Å²) >= 11 is 0. The minimum atomic E-state index is -0.792. The van der Waals surface area contributed by atoms with Crippen molar-refractivity contribution >= 4 is 17.8 Å². The topological polar surface area (TPSA) is 144 Å². The van der Waals surface area contributed by atoms with E-state index < -0.39 is 18.5 Å². The van der Waals surface area contributed by atoms with Gasteiger partial charge in [0.15, 0.2) is 6.29 Å². The average molecular weight is 706 g/mol. The summed E-state index contributed by atoms with van der Waals surface area (Å²) in [6, 6.07) is 0. The quantitative estimate of drug-likeness (QED) is 0.170. The van der Waals surface area contributed by atoms with Gasteiger partial charge >= 0.3 is 12.1 Å². The standard InChI is InChI=1S/C38H61NO9.C2H6/c1-7-29(40)21-33(41)24(2)17-19-34-25(3)12-8-10-14-30(45-36-23-32(47-38(39)43)20-28(6)44-36)15-11-9-13-26(4)37-27(5)16-18-31(46-37)22-35(42)48-34;1-2/h10,13-14,16,24-25,28,30-34,36-37,41H,7-9,11-12,15,17-23H2,1-6H3,(H2,39,43);1-2H3/b14-10+,26-13+;/t24-,25-,28-,30?,31?,32?,33?,34?,36?,37?;/m1./s1. The Labute approximate surface area is 301 Å². The molecule has 0 aliphatic carbocycles. The molecule has 50 heavy (non-hydrogen) atoms. The Kier molecular flexibility index (Phi) is 20.2. The first-order valence-corrected chi connectivity index (χ1v) is 19.2. The number of ketones is 1. The summed E-state index contributed by atoms with van der Waals surface area (Å²) < 4.78 is 30.4. The first-order chi connectivity index (χ1) is 23.8. The van der Waals surface area contributed by atoms with Gasteiger partial charge in [0.25, 0.3) is 0 Å². The number of allylic oxidation sites excluding steroid dienone is 2. The highest BCUT2D eigenvalue weighted by Crippen LogP contribution is 2.30. The highest BCUT2D eigenvalue weighted by molar-refractivity contribution is 5.78. The van der Waals surface area contributed by atoms with E-state index in [1.165, 1.54) is 0 Å². The number of rotatable bonds is 10. The molecule has 10 nitrogen and oxygen atoms in total. The van der Waals surface area contributed by atoms with Gasteiger partial charge in [0.2, 0.25) is 0 Å². The van der Waals surface area contributed by atoms with Crippen LogP contribution in [0.4, 0.5) is 4.79 Å². The van der Waals surface area contributed by atoms with Gasteiger partial charge in [-0.3, -0.25) is 9.59 Å². The van der Waals surface area contributed by atoms with Crippen LogP contribution in [-0.4, -0.2) is 72.0 Å². The Balaban J connectivity index is 0.00000425. The van der Waals surface area contributed by atoms with Gasteiger partial charge < -0.3 is 34.5 Å². The van der Waals surface area contributed by atoms with E-state index in [2.05, 4.69) is 45.1 Å². The van der Waals surface area contributed by atoms with E-state index >= 15 is 0 Å². The number of carbonyl (C=O) groups excluding carboxylic acids is 3. The van der Waals surface area contributed by atoms with Crippen LogP contribution < -0.4 is 5.73 Å². The predicted octanol–water partition coefficient (Wildman–Crippen LogP) is 8.04. The molecule has 7 unspecified atom stereocenters. The molecule has 0 radical (unpaired) electrons. The predicted molar refractivity (Wildman–Crippen MR) is 195 cm³/mol. The fourth-order valence-corrected chi connectivity index (χ4v) is 6.79. The van der Waals surface area contributed by atoms with Gasteiger partial charge in [-0.05, 0) is 95.1 Å². The second kappa shape index (κ2) is 23.1. The van der Waals surface area contributed by atoms with Crippen molar-refractivity contribution in [2.75, 3.05) is 0 Å². The lowest BCUT2D eigenvalue weighted by atomic mass is 9.89. The molecule has 3 aliphatic heterocycles. The Morgan fingerprint density at radius 2 is 1.78 bits per heavy atom. The third-order valence-corrected chi connectivity index (χ3v) is 9.91. The molecule has 286 valence electrons. The molecule has 0 saturated carbocycles. The summed E-state index contributed by atoms with van der Waals surface area (Å²) in [6.45, 7) is 15.9. The number of Topliss-reactive ketones (excluding diaryl/α,β-unsaturated/α-hetero) is 1. The summed E-state index contributed by atoms with van der Waals surface area (Å²) in [6.07, 6.45) is 12.9. The zero-order chi connectivity index (χ0) is 37.2. The minimum absolute atomic E-state index is 0.0444. The maximum absolute atomic E-state index is 13.3. The fourth-order valence-electron chi connectivity index (χ4n) is 6.79. The summed E-state index contributed by atoms with van der Waals surface area (Å²) in [5, 5.41) is 10.6.